The minimum atomic E-state index is -4.98. The van der Waals surface area contributed by atoms with Crippen LogP contribution in [0.25, 0.3) is 0 Å². The summed E-state index contributed by atoms with van der Waals surface area (Å²) in [4.78, 5) is 98.2. The maximum atomic E-state index is 14.3. The monoisotopic (exact) mass is 1050 g/mol. The van der Waals surface area contributed by atoms with Gasteiger partial charge in [0, 0.05) is 64.3 Å². The molecule has 21 nitrogen and oxygen atoms in total. The Morgan fingerprint density at radius 3 is 2.33 bits per heavy atom. The number of carbonyl (C=O) groups is 7. The van der Waals surface area contributed by atoms with Crippen LogP contribution < -0.4 is 15.0 Å². The second-order valence-corrected chi connectivity index (χ2v) is 22.4. The van der Waals surface area contributed by atoms with E-state index in [1.165, 1.54) is 40.1 Å². The van der Waals surface area contributed by atoms with Crippen molar-refractivity contribution in [1.29, 1.82) is 0 Å². The third-order valence-corrected chi connectivity index (χ3v) is 16.8. The Kier molecular flexibility index (Phi) is 18.0. The van der Waals surface area contributed by atoms with E-state index in [1.54, 1.807) is 45.1 Å². The number of carbonyl (C=O) groups excluding carboxylic acids is 7. The summed E-state index contributed by atoms with van der Waals surface area (Å²) in [6, 6.07) is 2.31. The van der Waals surface area contributed by atoms with Gasteiger partial charge in [-0.05, 0) is 58.2 Å². The van der Waals surface area contributed by atoms with E-state index >= 15 is 0 Å². The molecule has 69 heavy (non-hydrogen) atoms. The van der Waals surface area contributed by atoms with Crippen LogP contribution in [-0.2, 0) is 69.1 Å². The smallest absolute Gasteiger partial charge is 0.410 e. The van der Waals surface area contributed by atoms with Crippen molar-refractivity contribution in [2.24, 2.45) is 5.92 Å². The summed E-state index contributed by atoms with van der Waals surface area (Å²) in [5.41, 5.74) is -2.74. The first-order chi connectivity index (χ1) is 32.2. The number of nitrogens with one attached hydrogen (secondary N) is 1. The Morgan fingerprint density at radius 2 is 1.71 bits per heavy atom. The average Bonchev–Trinajstić information content (AvgIpc) is 3.87. The van der Waals surface area contributed by atoms with E-state index in [1.807, 2.05) is 13.0 Å². The Labute approximate surface area is 413 Å². The fourth-order valence-electron chi connectivity index (χ4n) is 8.32. The molecule has 25 heteroatoms. The fraction of sp³-hybridized carbons (Fsp3) is 0.614. The largest absolute Gasteiger partial charge is 0.495 e. The number of benzene rings is 1. The maximum Gasteiger partial charge on any atom is 0.410 e. The molecule has 5 amide bonds. The number of anilines is 1. The summed E-state index contributed by atoms with van der Waals surface area (Å²) in [5, 5.41) is 12.7. The van der Waals surface area contributed by atoms with Gasteiger partial charge in [-0.1, -0.05) is 63.9 Å². The molecule has 1 aromatic rings. The van der Waals surface area contributed by atoms with Crippen LogP contribution in [0.2, 0.25) is 5.02 Å². The van der Waals surface area contributed by atoms with Crippen molar-refractivity contribution >= 4 is 90.7 Å². The molecule has 5 rings (SSSR count). The SMILES string of the molecule is COc1cc2cc(c1Cl)N(C)C(=O)C[C@H](OC(=O)[C@H](C)N(C)C(=O)CCSSCCC(C(=O)ON1C(=O)CCC1=O)S(=O)(=O)O)[C@]1(C)O[C@H]1[C@H](C)[C@]1(C)C[C@@](O)(NC(=O)O1)[C@H](OC)/C=C/C=C(\C)C2. The predicted octanol–water partition coefficient (Wildman–Crippen LogP) is 3.93. The van der Waals surface area contributed by atoms with Crippen LogP contribution in [0.15, 0.2) is 35.9 Å². The van der Waals surface area contributed by atoms with E-state index in [9.17, 15) is 51.6 Å². The number of imide groups is 1. The molecule has 3 saturated heterocycles. The van der Waals surface area contributed by atoms with Gasteiger partial charge in [-0.2, -0.15) is 8.42 Å². The number of nitrogens with zero attached hydrogens (tertiary/aromatic N) is 3. The molecule has 4 aliphatic heterocycles. The van der Waals surface area contributed by atoms with Crippen molar-refractivity contribution in [3.8, 4) is 5.75 Å². The van der Waals surface area contributed by atoms with Crippen molar-refractivity contribution < 1.29 is 80.2 Å². The van der Waals surface area contributed by atoms with Gasteiger partial charge in [-0.25, -0.2) is 14.4 Å². The van der Waals surface area contributed by atoms with Gasteiger partial charge in [-0.3, -0.25) is 29.0 Å². The zero-order valence-corrected chi connectivity index (χ0v) is 42.9. The van der Waals surface area contributed by atoms with E-state index in [4.69, 9.17) is 35.3 Å². The number of allylic oxidation sites excluding steroid dienone is 3. The van der Waals surface area contributed by atoms with Crippen LogP contribution in [0.3, 0.4) is 0 Å². The van der Waals surface area contributed by atoms with Gasteiger partial charge in [0.05, 0.1) is 25.3 Å². The molecule has 3 fully saturated rings. The number of alkyl carbamates (subject to hydrolysis) is 1. The zero-order chi connectivity index (χ0) is 51.4. The number of hydrogen-bond acceptors (Lipinski definition) is 18. The number of fused-ring (bicyclic) bond motifs is 5. The van der Waals surface area contributed by atoms with Crippen LogP contribution in [0.1, 0.15) is 78.7 Å². The van der Waals surface area contributed by atoms with E-state index in [0.717, 1.165) is 37.6 Å². The van der Waals surface area contributed by atoms with Crippen molar-refractivity contribution in [3.05, 3.63) is 46.5 Å². The first-order valence-corrected chi connectivity index (χ1v) is 26.2. The number of likely N-dealkylation sites (N-methyl/N-ethyl adjacent to an activating group) is 1. The predicted molar refractivity (Wildman–Crippen MR) is 252 cm³/mol. The number of hydrogen-bond donors (Lipinski definition) is 3. The third-order valence-electron chi connectivity index (χ3n) is 12.8. The minimum absolute atomic E-state index is 0.0266. The molecule has 9 atom stereocenters. The van der Waals surface area contributed by atoms with Gasteiger partial charge >= 0.3 is 18.0 Å². The van der Waals surface area contributed by atoms with E-state index in [0.29, 0.717) is 17.9 Å². The molecule has 4 aliphatic rings. The number of rotatable bonds is 15. The Balaban J connectivity index is 1.31. The van der Waals surface area contributed by atoms with Crippen LogP contribution in [0.5, 0.6) is 5.75 Å². The molecule has 4 heterocycles. The molecule has 4 bridgehead atoms. The summed E-state index contributed by atoms with van der Waals surface area (Å²) in [5.74, 6) is -5.23. The molecule has 0 saturated carbocycles. The zero-order valence-electron chi connectivity index (χ0n) is 39.7. The molecular formula is C44H59ClN4O17S3. The summed E-state index contributed by atoms with van der Waals surface area (Å²) in [7, 11) is 3.00. The van der Waals surface area contributed by atoms with Crippen molar-refractivity contribution in [2.75, 3.05) is 44.7 Å². The second-order valence-electron chi connectivity index (χ2n) is 17.7. The summed E-state index contributed by atoms with van der Waals surface area (Å²) in [6.07, 6.45) is -0.0133. The second kappa shape index (κ2) is 22.3. The van der Waals surface area contributed by atoms with Crippen molar-refractivity contribution in [3.63, 3.8) is 0 Å². The molecule has 0 aromatic heterocycles. The fourth-order valence-corrected chi connectivity index (χ4v) is 11.6. The standard InChI is InChI=1S/C44H59ClN4O17S3/c1-24-11-10-12-31(62-9)44(57)23-42(4,65-41(56)46-44)25(2)38-43(5,64-38)32(22-36(53)48(7)28-20-27(19-24)21-29(61-8)37(28)45)63-39(54)26(3)47(6)33(50)16-18-68-67-17-15-30(69(58,59)60)40(55)66-49-34(51)13-14-35(49)52/h10-12,20-21,25-26,30-32,38,57H,13-19,22-23H2,1-9H3,(H,46,56)(H,58,59,60)/b12-10+,24-11+/t25-,26-,30?,31+,32-,38-,42-,43-,44-/m0/s1. The lowest BCUT2D eigenvalue weighted by molar-refractivity contribution is -0.197. The molecule has 0 radical (unpaired) electrons. The maximum absolute atomic E-state index is 14.3. The Hall–Kier alpha value is -4.43. The van der Waals surface area contributed by atoms with Gasteiger partial charge < -0.3 is 43.4 Å². The quantitative estimate of drug-likeness (QED) is 0.0561. The molecule has 3 N–H and O–H groups in total. The number of ether oxygens (including phenoxy) is 5. The number of esters is 1. The number of halogens is 1. The molecule has 0 spiro atoms. The van der Waals surface area contributed by atoms with Gasteiger partial charge in [0.25, 0.3) is 21.9 Å². The summed E-state index contributed by atoms with van der Waals surface area (Å²) in [6.45, 7) is 8.37. The third kappa shape index (κ3) is 12.9. The molecule has 1 aromatic carbocycles. The number of amides is 5. The topological polar surface area (TPSA) is 275 Å². The highest BCUT2D eigenvalue weighted by molar-refractivity contribution is 8.76. The Bertz CT molecular complexity index is 2360. The number of methoxy groups -OCH3 is 2. The lowest BCUT2D eigenvalue weighted by Crippen LogP contribution is -2.67. The van der Waals surface area contributed by atoms with E-state index in [-0.39, 0.29) is 47.3 Å². The Morgan fingerprint density at radius 1 is 1.06 bits per heavy atom. The highest BCUT2D eigenvalue weighted by atomic mass is 35.5. The molecule has 1 unspecified atom stereocenters. The first kappa shape index (κ1) is 55.5. The highest BCUT2D eigenvalue weighted by Crippen LogP contribution is 2.52. The van der Waals surface area contributed by atoms with Gasteiger partial charge in [0.2, 0.25) is 11.8 Å². The highest BCUT2D eigenvalue weighted by Gasteiger charge is 2.67. The molecular weight excluding hydrogens is 988 g/mol. The number of epoxide rings is 1. The van der Waals surface area contributed by atoms with Gasteiger partial charge in [0.1, 0.15) is 40.2 Å². The normalized spacial score (nSPS) is 29.7. The van der Waals surface area contributed by atoms with Crippen LogP contribution in [0, 0.1) is 5.92 Å². The van der Waals surface area contributed by atoms with Crippen molar-refractivity contribution in [2.45, 2.75) is 126 Å². The summed E-state index contributed by atoms with van der Waals surface area (Å²) < 4.78 is 63.1. The van der Waals surface area contributed by atoms with E-state index in [2.05, 4.69) is 10.2 Å². The lowest BCUT2D eigenvalue weighted by Gasteiger charge is -2.47. The molecule has 0 aliphatic carbocycles. The number of aliphatic hydroxyl groups is 1. The minimum Gasteiger partial charge on any atom is -0.495 e. The van der Waals surface area contributed by atoms with Gasteiger partial charge in [-0.15, -0.1) is 5.06 Å². The van der Waals surface area contributed by atoms with Crippen molar-refractivity contribution in [1.82, 2.24) is 15.3 Å². The van der Waals surface area contributed by atoms with E-state index < -0.39 is 117 Å². The van der Waals surface area contributed by atoms with Crippen LogP contribution in [-0.4, -0.2) is 156 Å². The molecule has 382 valence electrons. The summed E-state index contributed by atoms with van der Waals surface area (Å²) >= 11 is 6.79. The lowest BCUT2D eigenvalue weighted by atomic mass is 9.75. The number of hydroxylamine groups is 2. The van der Waals surface area contributed by atoms with Crippen LogP contribution in [0.4, 0.5) is 10.5 Å². The van der Waals surface area contributed by atoms with Gasteiger partial charge in [0.15, 0.2) is 11.0 Å². The average molecular weight is 1050 g/mol. The first-order valence-electron chi connectivity index (χ1n) is 21.8. The van der Waals surface area contributed by atoms with Crippen LogP contribution >= 0.6 is 33.2 Å².